The van der Waals surface area contributed by atoms with Crippen molar-refractivity contribution in [1.29, 1.82) is 0 Å². The van der Waals surface area contributed by atoms with E-state index < -0.39 is 6.04 Å². The number of furan rings is 1. The lowest BCUT2D eigenvalue weighted by Gasteiger charge is -2.23. The van der Waals surface area contributed by atoms with Crippen LogP contribution in [0.2, 0.25) is 0 Å². The molecule has 4 heterocycles. The highest BCUT2D eigenvalue weighted by molar-refractivity contribution is 6.00. The molecule has 5 rings (SSSR count). The van der Waals surface area contributed by atoms with Crippen LogP contribution in [-0.2, 0) is 17.8 Å². The van der Waals surface area contributed by atoms with E-state index in [1.807, 2.05) is 24.3 Å². The molecule has 0 aliphatic carbocycles. The summed E-state index contributed by atoms with van der Waals surface area (Å²) in [6.07, 6.45) is 8.39. The number of amides is 2. The zero-order valence-electron chi connectivity index (χ0n) is 16.7. The SMILES string of the molecule is O=C(Nc1cccc(-c2cn3c(n2)CCCC3)c1)C1CCCN1C(=O)c1ccco1. The lowest BCUT2D eigenvalue weighted by molar-refractivity contribution is -0.119. The molecule has 1 atom stereocenters. The van der Waals surface area contributed by atoms with Gasteiger partial charge in [0.15, 0.2) is 5.76 Å². The molecule has 0 saturated carbocycles. The van der Waals surface area contributed by atoms with E-state index in [2.05, 4.69) is 16.1 Å². The Kier molecular flexibility index (Phi) is 4.86. The van der Waals surface area contributed by atoms with Crippen LogP contribution in [0.4, 0.5) is 5.69 Å². The van der Waals surface area contributed by atoms with E-state index in [4.69, 9.17) is 9.40 Å². The number of carbonyl (C=O) groups excluding carboxylic acids is 2. The van der Waals surface area contributed by atoms with E-state index in [0.29, 0.717) is 18.7 Å². The number of aromatic nitrogens is 2. The summed E-state index contributed by atoms with van der Waals surface area (Å²) in [5.74, 6) is 0.979. The Balaban J connectivity index is 1.32. The number of carbonyl (C=O) groups is 2. The highest BCUT2D eigenvalue weighted by Crippen LogP contribution is 2.26. The summed E-state index contributed by atoms with van der Waals surface area (Å²) >= 11 is 0. The van der Waals surface area contributed by atoms with Crippen LogP contribution >= 0.6 is 0 Å². The molecule has 0 radical (unpaired) electrons. The maximum Gasteiger partial charge on any atom is 0.290 e. The van der Waals surface area contributed by atoms with Crippen molar-refractivity contribution in [3.8, 4) is 11.3 Å². The van der Waals surface area contributed by atoms with Crippen LogP contribution in [0.1, 0.15) is 42.1 Å². The van der Waals surface area contributed by atoms with Gasteiger partial charge in [-0.25, -0.2) is 4.98 Å². The third kappa shape index (κ3) is 3.51. The van der Waals surface area contributed by atoms with E-state index in [1.165, 1.54) is 19.1 Å². The van der Waals surface area contributed by atoms with E-state index in [1.54, 1.807) is 17.0 Å². The van der Waals surface area contributed by atoms with Gasteiger partial charge in [0.05, 0.1) is 12.0 Å². The first-order valence-corrected chi connectivity index (χ1v) is 10.5. The second-order valence-electron chi connectivity index (χ2n) is 7.90. The Morgan fingerprint density at radius 1 is 1.10 bits per heavy atom. The van der Waals surface area contributed by atoms with Crippen LogP contribution in [0, 0.1) is 0 Å². The second-order valence-corrected chi connectivity index (χ2v) is 7.90. The summed E-state index contributed by atoms with van der Waals surface area (Å²) in [6, 6.07) is 10.5. The topological polar surface area (TPSA) is 80.4 Å². The molecule has 2 amide bonds. The number of benzene rings is 1. The van der Waals surface area contributed by atoms with Gasteiger partial charge in [-0.3, -0.25) is 9.59 Å². The van der Waals surface area contributed by atoms with Crippen LogP contribution in [-0.4, -0.2) is 38.9 Å². The molecule has 0 bridgehead atoms. The maximum absolute atomic E-state index is 13.0. The number of rotatable bonds is 4. The van der Waals surface area contributed by atoms with Crippen molar-refractivity contribution < 1.29 is 14.0 Å². The Bertz CT molecular complexity index is 1050. The molecule has 1 N–H and O–H groups in total. The number of fused-ring (bicyclic) bond motifs is 1. The lowest BCUT2D eigenvalue weighted by Crippen LogP contribution is -2.43. The zero-order chi connectivity index (χ0) is 20.5. The van der Waals surface area contributed by atoms with Gasteiger partial charge in [0.1, 0.15) is 11.9 Å². The Morgan fingerprint density at radius 2 is 2.03 bits per heavy atom. The van der Waals surface area contributed by atoms with E-state index in [0.717, 1.165) is 36.5 Å². The number of aryl methyl sites for hydroxylation is 2. The molecule has 1 aromatic carbocycles. The molecular formula is C23H24N4O3. The number of imidazole rings is 1. The molecule has 1 unspecified atom stereocenters. The van der Waals surface area contributed by atoms with Crippen molar-refractivity contribution >= 4 is 17.5 Å². The maximum atomic E-state index is 13.0. The first-order valence-electron chi connectivity index (χ1n) is 10.5. The summed E-state index contributed by atoms with van der Waals surface area (Å²) in [5, 5.41) is 2.99. The molecule has 2 aliphatic rings. The number of nitrogens with zero attached hydrogens (tertiary/aromatic N) is 3. The highest BCUT2D eigenvalue weighted by atomic mass is 16.3. The third-order valence-electron chi connectivity index (χ3n) is 5.88. The number of likely N-dealkylation sites (tertiary alicyclic amines) is 1. The molecule has 7 nitrogen and oxygen atoms in total. The van der Waals surface area contributed by atoms with E-state index in [9.17, 15) is 9.59 Å². The number of hydrogen-bond donors (Lipinski definition) is 1. The summed E-state index contributed by atoms with van der Waals surface area (Å²) in [4.78, 5) is 32.0. The average molecular weight is 404 g/mol. The van der Waals surface area contributed by atoms with Crippen LogP contribution in [0.5, 0.6) is 0 Å². The lowest BCUT2D eigenvalue weighted by atomic mass is 10.1. The minimum absolute atomic E-state index is 0.173. The van der Waals surface area contributed by atoms with E-state index >= 15 is 0 Å². The van der Waals surface area contributed by atoms with Crippen molar-refractivity contribution in [2.75, 3.05) is 11.9 Å². The standard InChI is InChI=1S/C23H24N4O3/c28-22(19-8-4-12-27(19)23(29)20-9-5-13-30-20)24-17-7-3-6-16(14-17)18-15-26-11-2-1-10-21(26)25-18/h3,5-7,9,13-15,19H,1-2,4,8,10-12H2,(H,24,28). The average Bonchev–Trinajstić information content (AvgIpc) is 3.53. The Morgan fingerprint density at radius 3 is 2.87 bits per heavy atom. The van der Waals surface area contributed by atoms with Gasteiger partial charge in [-0.15, -0.1) is 0 Å². The van der Waals surface area contributed by atoms with Crippen molar-refractivity contribution in [3.63, 3.8) is 0 Å². The molecule has 7 heteroatoms. The molecule has 1 fully saturated rings. The molecule has 30 heavy (non-hydrogen) atoms. The molecule has 3 aromatic rings. The molecule has 154 valence electrons. The molecule has 0 spiro atoms. The predicted molar refractivity (Wildman–Crippen MR) is 112 cm³/mol. The summed E-state index contributed by atoms with van der Waals surface area (Å²) in [5.41, 5.74) is 2.61. The van der Waals surface area contributed by atoms with Crippen molar-refractivity contribution in [2.45, 2.75) is 44.7 Å². The summed E-state index contributed by atoms with van der Waals surface area (Å²) in [6.45, 7) is 1.57. The van der Waals surface area contributed by atoms with Gasteiger partial charge in [0.25, 0.3) is 5.91 Å². The second kappa shape index (κ2) is 7.82. The third-order valence-corrected chi connectivity index (χ3v) is 5.88. The smallest absolute Gasteiger partial charge is 0.290 e. The first-order chi connectivity index (χ1) is 14.7. The number of hydrogen-bond acceptors (Lipinski definition) is 4. The summed E-state index contributed by atoms with van der Waals surface area (Å²) < 4.78 is 7.44. The fourth-order valence-electron chi connectivity index (χ4n) is 4.36. The van der Waals surface area contributed by atoms with Crippen molar-refractivity contribution in [3.05, 3.63) is 60.4 Å². The van der Waals surface area contributed by atoms with Crippen molar-refractivity contribution in [1.82, 2.24) is 14.5 Å². The first kappa shape index (κ1) is 18.7. The molecule has 2 aliphatic heterocycles. The van der Waals surface area contributed by atoms with Gasteiger partial charge in [0, 0.05) is 37.0 Å². The molecule has 1 saturated heterocycles. The number of nitrogens with one attached hydrogen (secondary N) is 1. The largest absolute Gasteiger partial charge is 0.459 e. The van der Waals surface area contributed by atoms with Crippen LogP contribution in [0.3, 0.4) is 0 Å². The molecule has 2 aromatic heterocycles. The van der Waals surface area contributed by atoms with Gasteiger partial charge in [-0.2, -0.15) is 0 Å². The fourth-order valence-corrected chi connectivity index (χ4v) is 4.36. The fraction of sp³-hybridized carbons (Fsp3) is 0.348. The predicted octanol–water partition coefficient (Wildman–Crippen LogP) is 3.72. The number of anilines is 1. The quantitative estimate of drug-likeness (QED) is 0.719. The van der Waals surface area contributed by atoms with Crippen LogP contribution < -0.4 is 5.32 Å². The Hall–Kier alpha value is -3.35. The van der Waals surface area contributed by atoms with Gasteiger partial charge in [0.2, 0.25) is 5.91 Å². The molecular weight excluding hydrogens is 380 g/mol. The van der Waals surface area contributed by atoms with Gasteiger partial charge >= 0.3 is 0 Å². The van der Waals surface area contributed by atoms with Gasteiger partial charge in [-0.05, 0) is 49.9 Å². The summed E-state index contributed by atoms with van der Waals surface area (Å²) in [7, 11) is 0. The van der Waals surface area contributed by atoms with Gasteiger partial charge in [-0.1, -0.05) is 12.1 Å². The van der Waals surface area contributed by atoms with Crippen LogP contribution in [0.15, 0.2) is 53.3 Å². The highest BCUT2D eigenvalue weighted by Gasteiger charge is 2.35. The van der Waals surface area contributed by atoms with Crippen LogP contribution in [0.25, 0.3) is 11.3 Å². The normalized spacial score (nSPS) is 18.3. The monoisotopic (exact) mass is 404 g/mol. The van der Waals surface area contributed by atoms with Gasteiger partial charge < -0.3 is 19.2 Å². The van der Waals surface area contributed by atoms with E-state index in [-0.39, 0.29) is 17.6 Å². The zero-order valence-corrected chi connectivity index (χ0v) is 16.7. The van der Waals surface area contributed by atoms with Crippen molar-refractivity contribution in [2.24, 2.45) is 0 Å². The Labute approximate surface area is 174 Å². The minimum atomic E-state index is -0.494. The minimum Gasteiger partial charge on any atom is -0.459 e.